The van der Waals surface area contributed by atoms with E-state index in [4.69, 9.17) is 5.10 Å². The highest BCUT2D eigenvalue weighted by molar-refractivity contribution is 5.86. The molecule has 1 aromatic carbocycles. The van der Waals surface area contributed by atoms with Crippen molar-refractivity contribution in [3.63, 3.8) is 0 Å². The lowest BCUT2D eigenvalue weighted by Crippen LogP contribution is -2.24. The van der Waals surface area contributed by atoms with E-state index < -0.39 is 0 Å². The molecule has 0 saturated carbocycles. The Balaban J connectivity index is 1.95. The average Bonchev–Trinajstić information content (AvgIpc) is 2.97. The second-order valence-electron chi connectivity index (χ2n) is 6.80. The molecule has 26 heavy (non-hydrogen) atoms. The summed E-state index contributed by atoms with van der Waals surface area (Å²) in [6, 6.07) is 10.2. The maximum atomic E-state index is 12.6. The van der Waals surface area contributed by atoms with Gasteiger partial charge >= 0.3 is 0 Å². The van der Waals surface area contributed by atoms with Crippen LogP contribution in [0, 0.1) is 6.92 Å². The van der Waals surface area contributed by atoms with Crippen molar-refractivity contribution in [1.82, 2.24) is 19.3 Å². The average molecular weight is 349 g/mol. The molecule has 2 aromatic heterocycles. The van der Waals surface area contributed by atoms with Crippen LogP contribution in [0.4, 0.5) is 5.95 Å². The molecule has 1 N–H and O–H groups in total. The molecule has 6 heteroatoms. The minimum absolute atomic E-state index is 0.217. The maximum Gasteiger partial charge on any atom is 0.285 e. The molecular weight excluding hydrogens is 326 g/mol. The number of nitrogens with zero attached hydrogens (tertiary/aromatic N) is 4. The molecule has 0 atom stereocenters. The Labute approximate surface area is 152 Å². The summed E-state index contributed by atoms with van der Waals surface area (Å²) in [6.07, 6.45) is 2.13. The number of aryl methyl sites for hydroxylation is 1. The van der Waals surface area contributed by atoms with Crippen LogP contribution >= 0.6 is 0 Å². The van der Waals surface area contributed by atoms with Crippen molar-refractivity contribution in [2.24, 2.45) is 0 Å². The van der Waals surface area contributed by atoms with E-state index in [2.05, 4.69) is 40.8 Å². The van der Waals surface area contributed by atoms with Crippen LogP contribution in [-0.2, 0) is 6.54 Å². The molecule has 0 amide bonds. The Bertz CT molecular complexity index is 1060. The summed E-state index contributed by atoms with van der Waals surface area (Å²) < 4.78 is 3.99. The van der Waals surface area contributed by atoms with Crippen LogP contribution in [0.1, 0.15) is 37.9 Å². The highest BCUT2D eigenvalue weighted by atomic mass is 16.1. The molecule has 1 aliphatic rings. The topological polar surface area (TPSA) is 64.7 Å². The monoisotopic (exact) mass is 349 g/mol. The normalized spacial score (nSPS) is 13.5. The SMILES string of the molecule is CCCCNc1nc(=O)c2c(C)nn3c2n1CC(C)=C3c1ccccc1. The van der Waals surface area contributed by atoms with E-state index in [1.807, 2.05) is 29.8 Å². The van der Waals surface area contributed by atoms with E-state index in [0.717, 1.165) is 42.0 Å². The minimum Gasteiger partial charge on any atom is -0.355 e. The lowest BCUT2D eigenvalue weighted by atomic mass is 10.1. The highest BCUT2D eigenvalue weighted by Crippen LogP contribution is 2.32. The number of unbranched alkanes of at least 4 members (excludes halogenated alkanes) is 1. The van der Waals surface area contributed by atoms with Gasteiger partial charge in [-0.05, 0) is 25.8 Å². The minimum atomic E-state index is -0.217. The fourth-order valence-electron chi connectivity index (χ4n) is 3.60. The number of anilines is 1. The Hall–Kier alpha value is -2.89. The zero-order chi connectivity index (χ0) is 18.3. The van der Waals surface area contributed by atoms with Gasteiger partial charge in [-0.3, -0.25) is 9.36 Å². The molecule has 0 bridgehead atoms. The van der Waals surface area contributed by atoms with Gasteiger partial charge in [-0.1, -0.05) is 43.7 Å². The zero-order valence-corrected chi connectivity index (χ0v) is 15.4. The first-order valence-corrected chi connectivity index (χ1v) is 9.11. The van der Waals surface area contributed by atoms with E-state index in [9.17, 15) is 4.79 Å². The lowest BCUT2D eigenvalue weighted by Gasteiger charge is -2.24. The Morgan fingerprint density at radius 2 is 1.96 bits per heavy atom. The molecule has 134 valence electrons. The van der Waals surface area contributed by atoms with Gasteiger partial charge in [0.1, 0.15) is 5.39 Å². The largest absolute Gasteiger partial charge is 0.355 e. The standard InChI is InChI=1S/C20H23N5O/c1-4-5-11-21-20-22-18(26)16-14(3)23-25-17(15-9-7-6-8-10-15)13(2)12-24(20)19(16)25/h6-10H,4-5,11-12H2,1-3H3,(H,21,22,26). The molecule has 0 spiro atoms. The Morgan fingerprint density at radius 3 is 2.69 bits per heavy atom. The first-order valence-electron chi connectivity index (χ1n) is 9.11. The molecular formula is C20H23N5O. The number of rotatable bonds is 5. The fourth-order valence-corrected chi connectivity index (χ4v) is 3.60. The number of hydrogen-bond acceptors (Lipinski definition) is 4. The zero-order valence-electron chi connectivity index (χ0n) is 15.4. The molecule has 0 fully saturated rings. The van der Waals surface area contributed by atoms with Gasteiger partial charge < -0.3 is 5.32 Å². The second-order valence-corrected chi connectivity index (χ2v) is 6.80. The van der Waals surface area contributed by atoms with E-state index in [0.29, 0.717) is 17.9 Å². The second kappa shape index (κ2) is 6.44. The summed E-state index contributed by atoms with van der Waals surface area (Å²) in [4.78, 5) is 17.0. The van der Waals surface area contributed by atoms with Gasteiger partial charge in [-0.15, -0.1) is 0 Å². The molecule has 0 aliphatic carbocycles. The summed E-state index contributed by atoms with van der Waals surface area (Å²) >= 11 is 0. The molecule has 6 nitrogen and oxygen atoms in total. The van der Waals surface area contributed by atoms with Crippen molar-refractivity contribution in [1.29, 1.82) is 0 Å². The van der Waals surface area contributed by atoms with Gasteiger partial charge in [0.25, 0.3) is 5.56 Å². The van der Waals surface area contributed by atoms with Crippen LogP contribution in [-0.4, -0.2) is 25.9 Å². The van der Waals surface area contributed by atoms with Gasteiger partial charge in [0.2, 0.25) is 5.95 Å². The number of nitrogens with one attached hydrogen (secondary N) is 1. The summed E-state index contributed by atoms with van der Waals surface area (Å²) in [7, 11) is 0. The summed E-state index contributed by atoms with van der Waals surface area (Å²) in [5.74, 6) is 0.628. The van der Waals surface area contributed by atoms with Crippen molar-refractivity contribution in [3.05, 3.63) is 57.5 Å². The van der Waals surface area contributed by atoms with Gasteiger partial charge in [-0.2, -0.15) is 10.1 Å². The molecule has 1 aliphatic heterocycles. The third-order valence-corrected chi connectivity index (χ3v) is 4.84. The predicted octanol–water partition coefficient (Wildman–Crippen LogP) is 3.41. The van der Waals surface area contributed by atoms with E-state index >= 15 is 0 Å². The van der Waals surface area contributed by atoms with Crippen LogP contribution in [0.15, 0.2) is 40.7 Å². The third kappa shape index (κ3) is 2.53. The molecule has 0 unspecified atom stereocenters. The van der Waals surface area contributed by atoms with Gasteiger partial charge in [0.05, 0.1) is 17.9 Å². The number of aromatic nitrogens is 4. The van der Waals surface area contributed by atoms with Crippen molar-refractivity contribution >= 4 is 22.7 Å². The number of allylic oxidation sites excluding steroid dienone is 1. The molecule has 0 saturated heterocycles. The number of benzene rings is 1. The molecule has 3 aromatic rings. The summed E-state index contributed by atoms with van der Waals surface area (Å²) in [6.45, 7) is 7.62. The number of hydrogen-bond donors (Lipinski definition) is 1. The molecule has 3 heterocycles. The van der Waals surface area contributed by atoms with Crippen molar-refractivity contribution in [3.8, 4) is 0 Å². The van der Waals surface area contributed by atoms with Crippen LogP contribution in [0.3, 0.4) is 0 Å². The first-order chi connectivity index (χ1) is 12.6. The van der Waals surface area contributed by atoms with Crippen LogP contribution in [0.5, 0.6) is 0 Å². The van der Waals surface area contributed by atoms with Crippen LogP contribution in [0.2, 0.25) is 0 Å². The van der Waals surface area contributed by atoms with Crippen LogP contribution in [0.25, 0.3) is 16.7 Å². The van der Waals surface area contributed by atoms with E-state index in [1.54, 1.807) is 0 Å². The Morgan fingerprint density at radius 1 is 1.19 bits per heavy atom. The van der Waals surface area contributed by atoms with Gasteiger partial charge in [0.15, 0.2) is 5.65 Å². The first kappa shape index (κ1) is 16.6. The van der Waals surface area contributed by atoms with Crippen molar-refractivity contribution in [2.75, 3.05) is 11.9 Å². The van der Waals surface area contributed by atoms with Crippen molar-refractivity contribution < 1.29 is 0 Å². The molecule has 0 radical (unpaired) electrons. The summed E-state index contributed by atoms with van der Waals surface area (Å²) in [5.41, 5.74) is 4.67. The maximum absolute atomic E-state index is 12.6. The fraction of sp³-hybridized carbons (Fsp3) is 0.350. The highest BCUT2D eigenvalue weighted by Gasteiger charge is 2.26. The van der Waals surface area contributed by atoms with Crippen molar-refractivity contribution in [2.45, 2.75) is 40.2 Å². The van der Waals surface area contributed by atoms with Gasteiger partial charge in [0, 0.05) is 12.1 Å². The lowest BCUT2D eigenvalue weighted by molar-refractivity contribution is 0.714. The van der Waals surface area contributed by atoms with E-state index in [1.165, 1.54) is 5.57 Å². The Kier molecular flexibility index (Phi) is 4.11. The molecule has 4 rings (SSSR count). The van der Waals surface area contributed by atoms with Gasteiger partial charge in [-0.25, -0.2) is 4.68 Å². The smallest absolute Gasteiger partial charge is 0.285 e. The van der Waals surface area contributed by atoms with E-state index in [-0.39, 0.29) is 5.56 Å². The third-order valence-electron chi connectivity index (χ3n) is 4.84. The summed E-state index contributed by atoms with van der Waals surface area (Å²) in [5, 5.41) is 8.63. The predicted molar refractivity (Wildman–Crippen MR) is 104 cm³/mol. The quantitative estimate of drug-likeness (QED) is 0.717. The van der Waals surface area contributed by atoms with Crippen LogP contribution < -0.4 is 10.9 Å².